The minimum atomic E-state index is -0.610. The highest BCUT2D eigenvalue weighted by molar-refractivity contribution is 6.12. The Morgan fingerprint density at radius 1 is 0.907 bits per heavy atom. The molecule has 12 nitrogen and oxygen atoms in total. The first-order chi connectivity index (χ1) is 20.7. The van der Waals surface area contributed by atoms with Gasteiger partial charge in [-0.15, -0.1) is 0 Å². The molecule has 3 heterocycles. The van der Waals surface area contributed by atoms with E-state index in [1.54, 1.807) is 85.6 Å². The van der Waals surface area contributed by atoms with Crippen molar-refractivity contribution in [2.24, 2.45) is 14.1 Å². The summed E-state index contributed by atoms with van der Waals surface area (Å²) in [4.78, 5) is 38.5. The average molecular weight is 580 g/mol. The average Bonchev–Trinajstić information content (AvgIpc) is 3.70. The van der Waals surface area contributed by atoms with E-state index in [0.717, 1.165) is 0 Å². The van der Waals surface area contributed by atoms with Crippen molar-refractivity contribution in [1.29, 1.82) is 0 Å². The molecule has 13 heteroatoms. The van der Waals surface area contributed by atoms with Gasteiger partial charge in [-0.1, -0.05) is 18.2 Å². The lowest BCUT2D eigenvalue weighted by molar-refractivity contribution is 0.101. The number of anilines is 2. The molecule has 6 rings (SSSR count). The van der Waals surface area contributed by atoms with Gasteiger partial charge in [0.2, 0.25) is 0 Å². The lowest BCUT2D eigenvalue weighted by Gasteiger charge is -2.10. The van der Waals surface area contributed by atoms with Crippen molar-refractivity contribution in [2.75, 3.05) is 10.6 Å². The summed E-state index contributed by atoms with van der Waals surface area (Å²) in [5, 5.41) is 18.1. The third-order valence-corrected chi connectivity index (χ3v) is 7.02. The first-order valence-corrected chi connectivity index (χ1v) is 13.4. The van der Waals surface area contributed by atoms with Crippen LogP contribution in [0.2, 0.25) is 0 Å². The molecule has 0 fully saturated rings. The number of amides is 2. The molecule has 6 aromatic rings. The normalized spacial score (nSPS) is 11.2. The van der Waals surface area contributed by atoms with E-state index in [0.29, 0.717) is 40.4 Å². The van der Waals surface area contributed by atoms with Crippen molar-refractivity contribution in [2.45, 2.75) is 13.5 Å². The molecule has 216 valence electrons. The number of benzene rings is 3. The van der Waals surface area contributed by atoms with Crippen LogP contribution >= 0.6 is 0 Å². The lowest BCUT2D eigenvalue weighted by Crippen LogP contribution is -2.21. The Hall–Kier alpha value is -5.85. The molecule has 0 saturated carbocycles. The molecule has 0 aliphatic rings. The zero-order valence-corrected chi connectivity index (χ0v) is 23.4. The molecular weight excluding hydrogens is 553 g/mol. The second kappa shape index (κ2) is 10.9. The van der Waals surface area contributed by atoms with Crippen LogP contribution in [0.3, 0.4) is 0 Å². The fourth-order valence-electron chi connectivity index (χ4n) is 4.82. The Kier molecular flexibility index (Phi) is 6.90. The molecule has 43 heavy (non-hydrogen) atoms. The summed E-state index contributed by atoms with van der Waals surface area (Å²) >= 11 is 0. The molecule has 0 aliphatic heterocycles. The minimum Gasteiger partial charge on any atom is -0.321 e. The molecule has 3 aromatic carbocycles. The molecule has 0 saturated heterocycles. The van der Waals surface area contributed by atoms with Gasteiger partial charge < -0.3 is 10.6 Å². The van der Waals surface area contributed by atoms with Crippen LogP contribution in [0.25, 0.3) is 27.7 Å². The summed E-state index contributed by atoms with van der Waals surface area (Å²) in [6.07, 6.45) is 3.17. The van der Waals surface area contributed by atoms with Gasteiger partial charge in [0.25, 0.3) is 11.8 Å². The number of carbonyl (C=O) groups excluding carboxylic acids is 2. The zero-order chi connectivity index (χ0) is 30.2. The SMILES string of the molecule is CCn1ccc(NC(=O)c2cccc(NC(=O)c3c4c(F)c(-c5ccc(-n6cnn(C)c6=O)cc5)ccc4nn3C)c2)n1. The van der Waals surface area contributed by atoms with Gasteiger partial charge >= 0.3 is 5.69 Å². The van der Waals surface area contributed by atoms with Crippen LogP contribution in [0, 0.1) is 5.82 Å². The number of nitrogens with zero attached hydrogens (tertiary/aromatic N) is 7. The Morgan fingerprint density at radius 2 is 1.70 bits per heavy atom. The van der Waals surface area contributed by atoms with Gasteiger partial charge in [0, 0.05) is 49.7 Å². The highest BCUT2D eigenvalue weighted by Crippen LogP contribution is 2.31. The summed E-state index contributed by atoms with van der Waals surface area (Å²) in [6, 6.07) is 18.1. The Morgan fingerprint density at radius 3 is 2.40 bits per heavy atom. The zero-order valence-electron chi connectivity index (χ0n) is 23.4. The molecular formula is C30H26FN9O3. The fourth-order valence-corrected chi connectivity index (χ4v) is 4.82. The van der Waals surface area contributed by atoms with Gasteiger partial charge in [-0.2, -0.15) is 15.3 Å². The maximum Gasteiger partial charge on any atom is 0.350 e. The third kappa shape index (κ3) is 5.07. The minimum absolute atomic E-state index is 0.0212. The molecule has 0 atom stereocenters. The summed E-state index contributed by atoms with van der Waals surface area (Å²) < 4.78 is 21.7. The predicted molar refractivity (Wildman–Crippen MR) is 159 cm³/mol. The van der Waals surface area contributed by atoms with Crippen LogP contribution in [0.1, 0.15) is 27.8 Å². The summed E-state index contributed by atoms with van der Waals surface area (Å²) in [5.41, 5.74) is 2.09. The Balaban J connectivity index is 1.27. The quantitative estimate of drug-likeness (QED) is 0.294. The number of fused-ring (bicyclic) bond motifs is 1. The molecule has 0 aliphatic carbocycles. The molecule has 0 spiro atoms. The van der Waals surface area contributed by atoms with Gasteiger partial charge in [0.1, 0.15) is 17.8 Å². The second-order valence-corrected chi connectivity index (χ2v) is 9.79. The van der Waals surface area contributed by atoms with Gasteiger partial charge in [-0.05, 0) is 55.0 Å². The topological polar surface area (TPSA) is 134 Å². The van der Waals surface area contributed by atoms with Gasteiger partial charge in [-0.25, -0.2) is 18.4 Å². The van der Waals surface area contributed by atoms with E-state index in [9.17, 15) is 14.4 Å². The maximum absolute atomic E-state index is 16.1. The molecule has 0 bridgehead atoms. The van der Waals surface area contributed by atoms with E-state index in [1.807, 2.05) is 6.92 Å². The second-order valence-electron chi connectivity index (χ2n) is 9.79. The number of rotatable bonds is 7. The van der Waals surface area contributed by atoms with Crippen molar-refractivity contribution in [3.63, 3.8) is 0 Å². The highest BCUT2D eigenvalue weighted by Gasteiger charge is 2.23. The molecule has 0 unspecified atom stereocenters. The number of aromatic nitrogens is 7. The van der Waals surface area contributed by atoms with Crippen molar-refractivity contribution in [1.82, 2.24) is 33.9 Å². The van der Waals surface area contributed by atoms with Crippen molar-refractivity contribution in [3.8, 4) is 16.8 Å². The van der Waals surface area contributed by atoms with E-state index < -0.39 is 17.6 Å². The number of halogens is 1. The van der Waals surface area contributed by atoms with Gasteiger partial charge in [0.05, 0.1) is 16.6 Å². The largest absolute Gasteiger partial charge is 0.350 e. The number of hydrogen-bond acceptors (Lipinski definition) is 6. The number of carbonyl (C=O) groups is 2. The molecule has 3 aromatic heterocycles. The van der Waals surface area contributed by atoms with E-state index in [4.69, 9.17) is 0 Å². The summed E-state index contributed by atoms with van der Waals surface area (Å²) in [5.74, 6) is -1.18. The van der Waals surface area contributed by atoms with Crippen molar-refractivity contribution >= 4 is 34.2 Å². The maximum atomic E-state index is 16.1. The lowest BCUT2D eigenvalue weighted by atomic mass is 10.0. The van der Waals surface area contributed by atoms with E-state index in [2.05, 4.69) is 25.9 Å². The van der Waals surface area contributed by atoms with Gasteiger partial charge in [-0.3, -0.25) is 19.0 Å². The van der Waals surface area contributed by atoms with Crippen LogP contribution in [0.5, 0.6) is 0 Å². The van der Waals surface area contributed by atoms with Gasteiger partial charge in [0.15, 0.2) is 5.82 Å². The first-order valence-electron chi connectivity index (χ1n) is 13.4. The van der Waals surface area contributed by atoms with Crippen LogP contribution in [0.4, 0.5) is 15.9 Å². The van der Waals surface area contributed by atoms with Crippen LogP contribution in [-0.4, -0.2) is 45.7 Å². The molecule has 0 radical (unpaired) electrons. The highest BCUT2D eigenvalue weighted by atomic mass is 19.1. The van der Waals surface area contributed by atoms with E-state index in [-0.39, 0.29) is 22.3 Å². The predicted octanol–water partition coefficient (Wildman–Crippen LogP) is 3.98. The van der Waals surface area contributed by atoms with Crippen LogP contribution in [-0.2, 0) is 20.6 Å². The van der Waals surface area contributed by atoms with Crippen LogP contribution in [0.15, 0.2) is 84.0 Å². The van der Waals surface area contributed by atoms with Crippen LogP contribution < -0.4 is 16.3 Å². The Bertz CT molecular complexity index is 2070. The fraction of sp³-hybridized carbons (Fsp3) is 0.133. The molecule has 2 amide bonds. The Labute approximate surface area is 244 Å². The number of aryl methyl sites for hydroxylation is 3. The van der Waals surface area contributed by atoms with E-state index in [1.165, 1.54) is 26.3 Å². The summed E-state index contributed by atoms with van der Waals surface area (Å²) in [6.45, 7) is 2.61. The standard InChI is InChI=1S/C30H26FN9O3/c1-4-39-15-14-24(36-39)34-28(41)19-6-5-7-20(16-19)33-29(42)27-25-23(35-37(27)2)13-12-22(26(25)31)18-8-10-21(11-9-18)40-17-32-38(3)30(40)43/h5-17H,4H2,1-3H3,(H,33,42)(H,34,36,41). The molecule has 2 N–H and O–H groups in total. The van der Waals surface area contributed by atoms with E-state index >= 15 is 4.39 Å². The first kappa shape index (κ1) is 27.3. The number of nitrogens with one attached hydrogen (secondary N) is 2. The summed E-state index contributed by atoms with van der Waals surface area (Å²) in [7, 11) is 3.12. The van der Waals surface area contributed by atoms with Crippen molar-refractivity contribution < 1.29 is 14.0 Å². The smallest absolute Gasteiger partial charge is 0.321 e. The number of hydrogen-bond donors (Lipinski definition) is 2. The third-order valence-electron chi connectivity index (χ3n) is 7.02. The van der Waals surface area contributed by atoms with Crippen molar-refractivity contribution in [3.05, 3.63) is 107 Å². The monoisotopic (exact) mass is 579 g/mol.